The highest BCUT2D eigenvalue weighted by Gasteiger charge is 2.45. The third-order valence-electron chi connectivity index (χ3n) is 6.98. The Morgan fingerprint density at radius 2 is 1.77 bits per heavy atom. The molecule has 12 nitrogen and oxygen atoms in total. The van der Waals surface area contributed by atoms with E-state index in [9.17, 15) is 34.1 Å². The standard InChI is InChI=1S/C27H29N3O9S/c28-14-21(40(35,36)29-24-26(33)25(32)23(15-31)39-27(24)34)13-20-5-6-22(38-20)18-2-1-17-12-19(4-3-16(17)11-18)30-7-9-37-10-8-30/h1-6,11-13,23-27,29,31-34H,7-10,15H2/b21-13+/t23-,24-,25-,26-,27?/m1/s1. The largest absolute Gasteiger partial charge is 0.457 e. The van der Waals surface area contributed by atoms with E-state index in [0.29, 0.717) is 19.0 Å². The molecule has 5 atom stereocenters. The van der Waals surface area contributed by atoms with Crippen LogP contribution >= 0.6 is 0 Å². The van der Waals surface area contributed by atoms with Gasteiger partial charge in [-0.25, -0.2) is 8.42 Å². The van der Waals surface area contributed by atoms with Crippen LogP contribution in [0, 0.1) is 11.3 Å². The van der Waals surface area contributed by atoms with Crippen LogP contribution in [0.1, 0.15) is 5.76 Å². The maximum atomic E-state index is 12.9. The maximum absolute atomic E-state index is 12.9. The summed E-state index contributed by atoms with van der Waals surface area (Å²) in [5.74, 6) is 0.541. The van der Waals surface area contributed by atoms with Crippen molar-refractivity contribution in [3.05, 3.63) is 59.2 Å². The normalized spacial score (nSPS) is 26.1. The Hall–Kier alpha value is -3.32. The summed E-state index contributed by atoms with van der Waals surface area (Å²) in [6.07, 6.45) is -5.64. The SMILES string of the molecule is N#C/C(=C\c1ccc(-c2ccc3cc(N4CCOCC4)ccc3c2)o1)S(=O)(=O)N[C@H]1C(O)O[C@H](CO)[C@@H](O)[C@@H]1O. The van der Waals surface area contributed by atoms with Gasteiger partial charge in [0.05, 0.1) is 19.8 Å². The number of hydrogen-bond donors (Lipinski definition) is 5. The summed E-state index contributed by atoms with van der Waals surface area (Å²) >= 11 is 0. The zero-order chi connectivity index (χ0) is 28.4. The van der Waals surface area contributed by atoms with Gasteiger partial charge in [0.1, 0.15) is 41.9 Å². The number of morpholine rings is 1. The molecule has 1 unspecified atom stereocenters. The number of rotatable bonds is 7. The van der Waals surface area contributed by atoms with Crippen molar-refractivity contribution in [3.63, 3.8) is 0 Å². The zero-order valence-corrected chi connectivity index (χ0v) is 22.1. The molecule has 5 rings (SSSR count). The quantitative estimate of drug-likeness (QED) is 0.249. The van der Waals surface area contributed by atoms with Gasteiger partial charge in [0.15, 0.2) is 11.2 Å². The molecule has 3 aromatic rings. The van der Waals surface area contributed by atoms with Gasteiger partial charge < -0.3 is 39.2 Å². The summed E-state index contributed by atoms with van der Waals surface area (Å²) in [5.41, 5.74) is 1.87. The number of furan rings is 1. The fourth-order valence-corrected chi connectivity index (χ4v) is 5.89. The van der Waals surface area contributed by atoms with E-state index in [1.807, 2.05) is 29.0 Å². The third kappa shape index (κ3) is 5.75. The average Bonchev–Trinajstić information content (AvgIpc) is 3.44. The minimum atomic E-state index is -4.58. The lowest BCUT2D eigenvalue weighted by molar-refractivity contribution is -0.251. The Kier molecular flexibility index (Phi) is 8.22. The van der Waals surface area contributed by atoms with Crippen LogP contribution in [-0.2, 0) is 19.5 Å². The summed E-state index contributed by atoms with van der Waals surface area (Å²) in [6, 6.07) is 15.1. The molecule has 212 valence electrons. The summed E-state index contributed by atoms with van der Waals surface area (Å²) in [5, 5.41) is 51.1. The molecule has 40 heavy (non-hydrogen) atoms. The number of nitrogens with zero attached hydrogens (tertiary/aromatic N) is 2. The van der Waals surface area contributed by atoms with E-state index in [4.69, 9.17) is 13.9 Å². The molecule has 2 aliphatic heterocycles. The predicted octanol–water partition coefficient (Wildman–Crippen LogP) is 0.520. The molecule has 3 heterocycles. The zero-order valence-electron chi connectivity index (χ0n) is 21.3. The predicted molar refractivity (Wildman–Crippen MR) is 144 cm³/mol. The van der Waals surface area contributed by atoms with Gasteiger partial charge in [-0.2, -0.15) is 9.98 Å². The Bertz CT molecular complexity index is 1540. The second-order valence-corrected chi connectivity index (χ2v) is 11.2. The molecule has 1 aromatic heterocycles. The number of sulfonamides is 1. The Morgan fingerprint density at radius 1 is 1.05 bits per heavy atom. The molecular weight excluding hydrogens is 542 g/mol. The number of hydrogen-bond acceptors (Lipinski definition) is 11. The number of nitriles is 1. The van der Waals surface area contributed by atoms with Crippen LogP contribution in [0.25, 0.3) is 28.2 Å². The number of nitrogens with one attached hydrogen (secondary N) is 1. The van der Waals surface area contributed by atoms with Gasteiger partial charge in [-0.15, -0.1) is 0 Å². The monoisotopic (exact) mass is 571 g/mol. The highest BCUT2D eigenvalue weighted by Crippen LogP contribution is 2.30. The van der Waals surface area contributed by atoms with Crippen LogP contribution in [0.3, 0.4) is 0 Å². The van der Waals surface area contributed by atoms with Crippen LogP contribution in [0.2, 0.25) is 0 Å². The molecular formula is C27H29N3O9S. The first-order valence-electron chi connectivity index (χ1n) is 12.6. The first-order valence-corrected chi connectivity index (χ1v) is 14.1. The van der Waals surface area contributed by atoms with Crippen LogP contribution < -0.4 is 9.62 Å². The molecule has 0 bridgehead atoms. The van der Waals surface area contributed by atoms with Crippen molar-refractivity contribution < 1.29 is 42.7 Å². The van der Waals surface area contributed by atoms with E-state index >= 15 is 0 Å². The minimum absolute atomic E-state index is 0.0843. The van der Waals surface area contributed by atoms with Crippen molar-refractivity contribution in [2.24, 2.45) is 0 Å². The molecule has 0 saturated carbocycles. The topological polar surface area (TPSA) is 186 Å². The number of aliphatic hydroxyl groups excluding tert-OH is 4. The summed E-state index contributed by atoms with van der Waals surface area (Å²) < 4.78 is 44.0. The van der Waals surface area contributed by atoms with E-state index in [0.717, 1.165) is 41.2 Å². The van der Waals surface area contributed by atoms with E-state index in [1.54, 1.807) is 12.1 Å². The van der Waals surface area contributed by atoms with Gasteiger partial charge in [0, 0.05) is 30.4 Å². The van der Waals surface area contributed by atoms with Crippen LogP contribution in [-0.4, -0.2) is 92.4 Å². The van der Waals surface area contributed by atoms with Crippen molar-refractivity contribution in [2.45, 2.75) is 30.6 Å². The van der Waals surface area contributed by atoms with Gasteiger partial charge in [0.2, 0.25) is 0 Å². The Labute approximate surface area is 230 Å². The number of aliphatic hydroxyl groups is 4. The van der Waals surface area contributed by atoms with E-state index < -0.39 is 52.2 Å². The van der Waals surface area contributed by atoms with Crippen molar-refractivity contribution >= 4 is 32.6 Å². The van der Waals surface area contributed by atoms with Crippen molar-refractivity contribution in [2.75, 3.05) is 37.8 Å². The van der Waals surface area contributed by atoms with Crippen LogP contribution in [0.5, 0.6) is 0 Å². The third-order valence-corrected chi connectivity index (χ3v) is 8.35. The number of ether oxygens (including phenoxy) is 2. The molecule has 0 aliphatic carbocycles. The smallest absolute Gasteiger partial charge is 0.251 e. The molecule has 5 N–H and O–H groups in total. The molecule has 2 saturated heterocycles. The molecule has 2 aromatic carbocycles. The van der Waals surface area contributed by atoms with Crippen molar-refractivity contribution in [1.82, 2.24) is 4.72 Å². The lowest BCUT2D eigenvalue weighted by Crippen LogP contribution is -2.64. The van der Waals surface area contributed by atoms with Gasteiger partial charge in [-0.3, -0.25) is 0 Å². The second kappa shape index (κ2) is 11.7. The second-order valence-electron chi connectivity index (χ2n) is 9.54. The lowest BCUT2D eigenvalue weighted by Gasteiger charge is -2.40. The van der Waals surface area contributed by atoms with Crippen LogP contribution in [0.15, 0.2) is 57.9 Å². The maximum Gasteiger partial charge on any atom is 0.251 e. The Morgan fingerprint density at radius 3 is 2.50 bits per heavy atom. The van der Waals surface area contributed by atoms with Gasteiger partial charge >= 0.3 is 0 Å². The van der Waals surface area contributed by atoms with Crippen LogP contribution in [0.4, 0.5) is 5.69 Å². The summed E-state index contributed by atoms with van der Waals surface area (Å²) in [4.78, 5) is 1.52. The fourth-order valence-electron chi connectivity index (χ4n) is 4.76. The highest BCUT2D eigenvalue weighted by atomic mass is 32.2. The molecule has 2 fully saturated rings. The summed E-state index contributed by atoms with van der Waals surface area (Å²) in [7, 11) is -4.58. The number of benzene rings is 2. The Balaban J connectivity index is 1.34. The van der Waals surface area contributed by atoms with E-state index in [1.165, 1.54) is 6.07 Å². The number of fused-ring (bicyclic) bond motifs is 1. The number of anilines is 1. The molecule has 0 amide bonds. The molecule has 13 heteroatoms. The average molecular weight is 572 g/mol. The van der Waals surface area contributed by atoms with Gasteiger partial charge in [-0.1, -0.05) is 18.2 Å². The lowest BCUT2D eigenvalue weighted by atomic mass is 9.98. The van der Waals surface area contributed by atoms with E-state index in [-0.39, 0.29) is 5.76 Å². The first-order chi connectivity index (χ1) is 19.2. The van der Waals surface area contributed by atoms with Crippen molar-refractivity contribution in [1.29, 1.82) is 5.26 Å². The van der Waals surface area contributed by atoms with Crippen molar-refractivity contribution in [3.8, 4) is 17.4 Å². The summed E-state index contributed by atoms with van der Waals surface area (Å²) in [6.45, 7) is 2.37. The molecule has 0 radical (unpaired) electrons. The molecule has 2 aliphatic rings. The van der Waals surface area contributed by atoms with E-state index in [2.05, 4.69) is 17.0 Å². The number of allylic oxidation sites excluding steroid dienone is 1. The minimum Gasteiger partial charge on any atom is -0.457 e. The van der Waals surface area contributed by atoms with Gasteiger partial charge in [0.25, 0.3) is 10.0 Å². The fraction of sp³-hybridized carbons (Fsp3) is 0.370. The van der Waals surface area contributed by atoms with Gasteiger partial charge in [-0.05, 0) is 41.1 Å². The molecule has 0 spiro atoms. The first kappa shape index (κ1) is 28.2. The highest BCUT2D eigenvalue weighted by molar-refractivity contribution is 7.93.